The van der Waals surface area contributed by atoms with Gasteiger partial charge in [-0.1, -0.05) is 19.9 Å². The standard InChI is InChI=1S/C20H23N5OS2.C2H6/c1-12-23-20(2)10-13(5-6-17(20)27-12)25(11-21)19(26)16-9-14-15(24(3)4)7-8-22-18(14)28-16;1-2/h5-12,17,21,23H,1-4H3;1-2H3. The maximum absolute atomic E-state index is 13.2. The molecule has 2 aliphatic rings. The lowest BCUT2D eigenvalue weighted by atomic mass is 9.91. The van der Waals surface area contributed by atoms with E-state index in [4.69, 9.17) is 5.41 Å². The van der Waals surface area contributed by atoms with Crippen LogP contribution in [-0.2, 0) is 0 Å². The lowest BCUT2D eigenvalue weighted by Gasteiger charge is -2.32. The summed E-state index contributed by atoms with van der Waals surface area (Å²) in [5, 5.41) is 13.1. The van der Waals surface area contributed by atoms with E-state index in [2.05, 4.69) is 36.3 Å². The van der Waals surface area contributed by atoms with Gasteiger partial charge >= 0.3 is 0 Å². The zero-order valence-electron chi connectivity index (χ0n) is 18.3. The van der Waals surface area contributed by atoms with Crippen LogP contribution < -0.4 is 10.2 Å². The maximum atomic E-state index is 13.2. The summed E-state index contributed by atoms with van der Waals surface area (Å²) >= 11 is 3.23. The lowest BCUT2D eigenvalue weighted by Crippen LogP contribution is -2.46. The molecule has 0 saturated carbocycles. The molecule has 2 aromatic rings. The number of amides is 1. The van der Waals surface area contributed by atoms with Crippen LogP contribution in [0.25, 0.3) is 10.2 Å². The topological polar surface area (TPSA) is 72.3 Å². The number of aromatic nitrogens is 1. The molecule has 3 unspecified atom stereocenters. The van der Waals surface area contributed by atoms with Gasteiger partial charge in [0.05, 0.1) is 22.1 Å². The van der Waals surface area contributed by atoms with Gasteiger partial charge in [0, 0.05) is 42.3 Å². The highest BCUT2D eigenvalue weighted by molar-refractivity contribution is 8.01. The van der Waals surface area contributed by atoms with Crippen molar-refractivity contribution in [1.82, 2.24) is 15.2 Å². The number of hydrogen-bond acceptors (Lipinski definition) is 7. The van der Waals surface area contributed by atoms with E-state index in [1.54, 1.807) is 6.20 Å². The molecular formula is C22H29N5OS2. The number of nitrogens with zero attached hydrogens (tertiary/aromatic N) is 3. The van der Waals surface area contributed by atoms with Crippen molar-refractivity contribution in [2.75, 3.05) is 19.0 Å². The summed E-state index contributed by atoms with van der Waals surface area (Å²) in [5.74, 6) is -0.209. The van der Waals surface area contributed by atoms with Crippen LogP contribution in [-0.4, -0.2) is 52.4 Å². The van der Waals surface area contributed by atoms with Crippen LogP contribution in [0.4, 0.5) is 5.69 Å². The van der Waals surface area contributed by atoms with Gasteiger partial charge in [-0.05, 0) is 38.1 Å². The molecule has 2 aromatic heterocycles. The van der Waals surface area contributed by atoms with Gasteiger partial charge in [0.25, 0.3) is 5.91 Å². The number of anilines is 1. The molecule has 1 aliphatic heterocycles. The summed E-state index contributed by atoms with van der Waals surface area (Å²) in [6, 6.07) is 3.82. The first kappa shape index (κ1) is 22.5. The fourth-order valence-corrected chi connectivity index (χ4v) is 6.07. The predicted octanol–water partition coefficient (Wildman–Crippen LogP) is 4.70. The number of rotatable bonds is 4. The number of allylic oxidation sites excluding steroid dienone is 1. The zero-order valence-corrected chi connectivity index (χ0v) is 19.9. The Hall–Kier alpha value is -2.16. The van der Waals surface area contributed by atoms with Crippen molar-refractivity contribution in [1.29, 1.82) is 5.41 Å². The molecule has 3 heterocycles. The molecule has 0 radical (unpaired) electrons. The third kappa shape index (κ3) is 4.04. The highest BCUT2D eigenvalue weighted by Crippen LogP contribution is 2.40. The number of nitrogens with one attached hydrogen (secondary N) is 2. The Bertz CT molecular complexity index is 1010. The van der Waals surface area contributed by atoms with E-state index >= 15 is 0 Å². The Morgan fingerprint density at radius 3 is 2.77 bits per heavy atom. The van der Waals surface area contributed by atoms with Crippen molar-refractivity contribution < 1.29 is 4.79 Å². The SMILES string of the molecule is CC.CC1NC2(C)C=C(N(C=N)C(=O)c3cc4c(N(C)C)ccnc4s3)C=CC2S1. The first-order valence-electron chi connectivity index (χ1n) is 10.1. The molecule has 0 aromatic carbocycles. The highest BCUT2D eigenvalue weighted by atomic mass is 32.2. The smallest absolute Gasteiger partial charge is 0.273 e. The number of pyridine rings is 1. The number of carbonyl (C=O) groups excluding carboxylic acids is 1. The second kappa shape index (κ2) is 8.91. The van der Waals surface area contributed by atoms with E-state index in [1.807, 2.05) is 62.8 Å². The molecule has 6 nitrogen and oxygen atoms in total. The predicted molar refractivity (Wildman–Crippen MR) is 130 cm³/mol. The molecule has 0 spiro atoms. The minimum atomic E-state index is -0.227. The number of thiophene rings is 1. The number of hydrogen-bond donors (Lipinski definition) is 2. The third-order valence-electron chi connectivity index (χ3n) is 5.08. The van der Waals surface area contributed by atoms with Gasteiger partial charge in [0.1, 0.15) is 4.83 Å². The molecule has 1 fully saturated rings. The maximum Gasteiger partial charge on any atom is 0.273 e. The molecule has 30 heavy (non-hydrogen) atoms. The van der Waals surface area contributed by atoms with E-state index in [0.717, 1.165) is 27.9 Å². The first-order valence-corrected chi connectivity index (χ1v) is 11.8. The van der Waals surface area contributed by atoms with Gasteiger partial charge in [0.2, 0.25) is 0 Å². The Balaban J connectivity index is 0.00000124. The first-order chi connectivity index (χ1) is 14.3. The molecular weight excluding hydrogens is 414 g/mol. The van der Waals surface area contributed by atoms with Crippen molar-refractivity contribution >= 4 is 51.2 Å². The molecule has 8 heteroatoms. The summed E-state index contributed by atoms with van der Waals surface area (Å²) in [6.07, 6.45) is 8.98. The fourth-order valence-electron chi connectivity index (χ4n) is 3.77. The summed E-state index contributed by atoms with van der Waals surface area (Å²) in [4.78, 5) is 22.5. The Morgan fingerprint density at radius 2 is 2.10 bits per heavy atom. The molecule has 160 valence electrons. The Morgan fingerprint density at radius 1 is 1.37 bits per heavy atom. The molecule has 0 bridgehead atoms. The number of carbonyl (C=O) groups is 1. The number of fused-ring (bicyclic) bond motifs is 2. The molecule has 3 atom stereocenters. The van der Waals surface area contributed by atoms with Crippen LogP contribution >= 0.6 is 23.1 Å². The largest absolute Gasteiger partial charge is 0.377 e. The molecule has 1 saturated heterocycles. The van der Waals surface area contributed by atoms with Crippen molar-refractivity contribution in [2.45, 2.75) is 43.9 Å². The van der Waals surface area contributed by atoms with Crippen LogP contribution in [0.2, 0.25) is 0 Å². The second-order valence-corrected chi connectivity index (χ2v) is 9.93. The van der Waals surface area contributed by atoms with Crippen molar-refractivity contribution in [3.8, 4) is 0 Å². The van der Waals surface area contributed by atoms with Crippen molar-refractivity contribution in [2.24, 2.45) is 0 Å². The average Bonchev–Trinajstić information content (AvgIpc) is 3.28. The van der Waals surface area contributed by atoms with Gasteiger partial charge in [-0.2, -0.15) is 0 Å². The average molecular weight is 444 g/mol. The van der Waals surface area contributed by atoms with Crippen LogP contribution in [0.5, 0.6) is 0 Å². The molecule has 2 N–H and O–H groups in total. The van der Waals surface area contributed by atoms with Gasteiger partial charge in [0.15, 0.2) is 0 Å². The molecule has 1 amide bonds. The minimum absolute atomic E-state index is 0.209. The monoisotopic (exact) mass is 443 g/mol. The number of thioether (sulfide) groups is 1. The Kier molecular flexibility index (Phi) is 6.69. The van der Waals surface area contributed by atoms with Gasteiger partial charge < -0.3 is 4.90 Å². The van der Waals surface area contributed by atoms with Crippen LogP contribution in [0.15, 0.2) is 42.3 Å². The van der Waals surface area contributed by atoms with Gasteiger partial charge in [-0.25, -0.2) is 4.98 Å². The van der Waals surface area contributed by atoms with E-state index in [9.17, 15) is 4.79 Å². The highest BCUT2D eigenvalue weighted by Gasteiger charge is 2.42. The lowest BCUT2D eigenvalue weighted by molar-refractivity contribution is 0.0887. The summed E-state index contributed by atoms with van der Waals surface area (Å²) in [6.45, 7) is 8.28. The van der Waals surface area contributed by atoms with Crippen LogP contribution in [0, 0.1) is 5.41 Å². The summed E-state index contributed by atoms with van der Waals surface area (Å²) < 4.78 is 0. The van der Waals surface area contributed by atoms with Crippen molar-refractivity contribution in [3.63, 3.8) is 0 Å². The Labute approximate surface area is 186 Å². The van der Waals surface area contributed by atoms with E-state index in [-0.39, 0.29) is 11.4 Å². The van der Waals surface area contributed by atoms with Gasteiger partial charge in [-0.15, -0.1) is 23.1 Å². The van der Waals surface area contributed by atoms with Gasteiger partial charge in [-0.3, -0.25) is 20.4 Å². The minimum Gasteiger partial charge on any atom is -0.377 e. The van der Waals surface area contributed by atoms with E-state index in [0.29, 0.717) is 15.5 Å². The van der Waals surface area contributed by atoms with E-state index in [1.165, 1.54) is 16.2 Å². The summed E-state index contributed by atoms with van der Waals surface area (Å²) in [5.41, 5.74) is 1.52. The molecule has 1 aliphatic carbocycles. The van der Waals surface area contributed by atoms with Crippen LogP contribution in [0.3, 0.4) is 0 Å². The zero-order chi connectivity index (χ0) is 22.1. The van der Waals surface area contributed by atoms with E-state index < -0.39 is 0 Å². The quantitative estimate of drug-likeness (QED) is 0.529. The normalized spacial score (nSPS) is 24.5. The second-order valence-electron chi connectivity index (χ2n) is 7.41. The summed E-state index contributed by atoms with van der Waals surface area (Å²) in [7, 11) is 3.94. The van der Waals surface area contributed by atoms with Crippen LogP contribution in [0.1, 0.15) is 37.4 Å². The van der Waals surface area contributed by atoms with Crippen molar-refractivity contribution in [3.05, 3.63) is 47.1 Å². The third-order valence-corrected chi connectivity index (χ3v) is 7.57. The molecule has 4 rings (SSSR count). The fraction of sp³-hybridized carbons (Fsp3) is 0.409.